The van der Waals surface area contributed by atoms with E-state index < -0.39 is 0 Å². The summed E-state index contributed by atoms with van der Waals surface area (Å²) in [5, 5.41) is 15.2. The van der Waals surface area contributed by atoms with E-state index in [4.69, 9.17) is 23.8 Å². The second kappa shape index (κ2) is 6.50. The largest absolute Gasteiger partial charge is 0.387 e. The van der Waals surface area contributed by atoms with Crippen LogP contribution in [0.4, 0.5) is 0 Å². The normalized spacial score (nSPS) is 22.0. The molecule has 118 valence electrons. The summed E-state index contributed by atoms with van der Waals surface area (Å²) in [6, 6.07) is 7.60. The maximum atomic E-state index is 9.80. The van der Waals surface area contributed by atoms with Gasteiger partial charge < -0.3 is 14.6 Å². The van der Waals surface area contributed by atoms with Crippen molar-refractivity contribution < 1.29 is 10.0 Å². The minimum absolute atomic E-state index is 0.211. The van der Waals surface area contributed by atoms with E-state index >= 15 is 0 Å². The molecule has 1 aliphatic heterocycles. The fourth-order valence-corrected chi connectivity index (χ4v) is 3.24. The SMILES string of the molecule is Cn1c(-c2ccc(Cl)cc2)nn(C[NH+]2CCC[C@H](O)C2)c1=S. The van der Waals surface area contributed by atoms with E-state index in [1.54, 1.807) is 0 Å². The number of hydrogen-bond acceptors (Lipinski definition) is 3. The Morgan fingerprint density at radius 3 is 2.82 bits per heavy atom. The zero-order valence-electron chi connectivity index (χ0n) is 12.5. The van der Waals surface area contributed by atoms with Crippen LogP contribution < -0.4 is 4.90 Å². The van der Waals surface area contributed by atoms with Crippen molar-refractivity contribution in [2.45, 2.75) is 25.6 Å². The lowest BCUT2D eigenvalue weighted by Crippen LogP contribution is -3.13. The molecule has 0 bridgehead atoms. The molecule has 1 unspecified atom stereocenters. The zero-order chi connectivity index (χ0) is 15.7. The van der Waals surface area contributed by atoms with Gasteiger partial charge in [-0.3, -0.25) is 0 Å². The minimum Gasteiger partial charge on any atom is -0.387 e. The van der Waals surface area contributed by atoms with Gasteiger partial charge in [0.1, 0.15) is 12.6 Å². The number of piperidine rings is 1. The first kappa shape index (κ1) is 15.7. The third-order valence-electron chi connectivity index (χ3n) is 4.11. The summed E-state index contributed by atoms with van der Waals surface area (Å²) in [4.78, 5) is 1.32. The molecule has 2 heterocycles. The predicted octanol–water partition coefficient (Wildman–Crippen LogP) is 1.27. The van der Waals surface area contributed by atoms with Gasteiger partial charge in [0.25, 0.3) is 0 Å². The first-order valence-corrected chi connectivity index (χ1v) is 8.24. The van der Waals surface area contributed by atoms with Crippen LogP contribution in [-0.4, -0.2) is 38.6 Å². The predicted molar refractivity (Wildman–Crippen MR) is 88.4 cm³/mol. The van der Waals surface area contributed by atoms with Crippen molar-refractivity contribution in [1.29, 1.82) is 0 Å². The summed E-state index contributed by atoms with van der Waals surface area (Å²) >= 11 is 11.4. The topological polar surface area (TPSA) is 47.4 Å². The number of aromatic nitrogens is 3. The van der Waals surface area contributed by atoms with Crippen molar-refractivity contribution in [2.75, 3.05) is 13.1 Å². The average Bonchev–Trinajstić information content (AvgIpc) is 2.77. The molecular formula is C15H20ClN4OS+. The number of benzene rings is 1. The Labute approximate surface area is 139 Å². The Balaban J connectivity index is 1.86. The first-order valence-electron chi connectivity index (χ1n) is 7.46. The molecule has 5 nitrogen and oxygen atoms in total. The Hall–Kier alpha value is -1.21. The highest BCUT2D eigenvalue weighted by atomic mass is 35.5. The molecule has 1 aliphatic rings. The van der Waals surface area contributed by atoms with Crippen LogP contribution in [-0.2, 0) is 13.7 Å². The smallest absolute Gasteiger partial charge is 0.202 e. The summed E-state index contributed by atoms with van der Waals surface area (Å²) < 4.78 is 4.46. The fourth-order valence-electron chi connectivity index (χ4n) is 2.92. The number of nitrogens with zero attached hydrogens (tertiary/aromatic N) is 3. The molecule has 1 fully saturated rings. The van der Waals surface area contributed by atoms with Gasteiger partial charge in [-0.1, -0.05) is 11.6 Å². The summed E-state index contributed by atoms with van der Waals surface area (Å²) in [6.07, 6.45) is 1.73. The van der Waals surface area contributed by atoms with Crippen molar-refractivity contribution in [3.63, 3.8) is 0 Å². The second-order valence-electron chi connectivity index (χ2n) is 5.83. The van der Waals surface area contributed by atoms with E-state index in [0.29, 0.717) is 16.5 Å². The van der Waals surface area contributed by atoms with Crippen LogP contribution in [0.25, 0.3) is 11.4 Å². The number of hydrogen-bond donors (Lipinski definition) is 2. The lowest BCUT2D eigenvalue weighted by molar-refractivity contribution is -0.931. The quantitative estimate of drug-likeness (QED) is 0.828. The molecule has 2 N–H and O–H groups in total. The van der Waals surface area contributed by atoms with Crippen LogP contribution >= 0.6 is 23.8 Å². The third kappa shape index (κ3) is 3.25. The van der Waals surface area contributed by atoms with Crippen molar-refractivity contribution in [1.82, 2.24) is 14.3 Å². The molecule has 2 atom stereocenters. The van der Waals surface area contributed by atoms with Gasteiger partial charge in [-0.25, -0.2) is 0 Å². The highest BCUT2D eigenvalue weighted by Crippen LogP contribution is 2.19. The van der Waals surface area contributed by atoms with E-state index in [9.17, 15) is 5.11 Å². The molecule has 0 amide bonds. The molecule has 7 heteroatoms. The Morgan fingerprint density at radius 1 is 1.41 bits per heavy atom. The molecule has 3 rings (SSSR count). The number of halogens is 1. The fraction of sp³-hybridized carbons (Fsp3) is 0.467. The highest BCUT2D eigenvalue weighted by molar-refractivity contribution is 7.71. The molecule has 1 aromatic carbocycles. The summed E-state index contributed by atoms with van der Waals surface area (Å²) in [5.41, 5.74) is 0.991. The van der Waals surface area contributed by atoms with Crippen molar-refractivity contribution >= 4 is 23.8 Å². The summed E-state index contributed by atoms with van der Waals surface area (Å²) in [7, 11) is 1.93. The van der Waals surface area contributed by atoms with Gasteiger partial charge >= 0.3 is 0 Å². The van der Waals surface area contributed by atoms with Crippen LogP contribution in [0.1, 0.15) is 12.8 Å². The molecular weight excluding hydrogens is 320 g/mol. The number of rotatable bonds is 3. The van der Waals surface area contributed by atoms with Gasteiger partial charge in [-0.05, 0) is 49.3 Å². The maximum absolute atomic E-state index is 9.80. The molecule has 0 spiro atoms. The molecule has 1 saturated heterocycles. The standard InChI is InChI=1S/C15H19ClN4OS/c1-18-14(11-4-6-12(16)7-5-11)17-20(15(18)22)10-19-8-2-3-13(21)9-19/h4-7,13,21H,2-3,8-10H2,1H3/p+1/t13-/m0/s1. The van der Waals surface area contributed by atoms with Gasteiger partial charge in [0, 0.05) is 17.6 Å². The summed E-state index contributed by atoms with van der Waals surface area (Å²) in [6.45, 7) is 2.50. The van der Waals surface area contributed by atoms with E-state index in [1.807, 2.05) is 40.6 Å². The Morgan fingerprint density at radius 2 is 2.14 bits per heavy atom. The van der Waals surface area contributed by atoms with Crippen molar-refractivity contribution in [2.24, 2.45) is 7.05 Å². The Kier molecular flexibility index (Phi) is 4.63. The monoisotopic (exact) mass is 339 g/mol. The van der Waals surface area contributed by atoms with Crippen LogP contribution in [0.3, 0.4) is 0 Å². The Bertz CT molecular complexity index is 709. The van der Waals surface area contributed by atoms with Crippen molar-refractivity contribution in [3.8, 4) is 11.4 Å². The molecule has 2 aromatic rings. The maximum Gasteiger partial charge on any atom is 0.202 e. The van der Waals surface area contributed by atoms with E-state index in [1.165, 1.54) is 4.90 Å². The molecule has 1 aromatic heterocycles. The highest BCUT2D eigenvalue weighted by Gasteiger charge is 2.22. The summed E-state index contributed by atoms with van der Waals surface area (Å²) in [5.74, 6) is 0.832. The van der Waals surface area contributed by atoms with Crippen LogP contribution in [0.5, 0.6) is 0 Å². The van der Waals surface area contributed by atoms with Gasteiger partial charge in [-0.2, -0.15) is 4.68 Å². The number of likely N-dealkylation sites (tertiary alicyclic amines) is 1. The van der Waals surface area contributed by atoms with Gasteiger partial charge in [-0.15, -0.1) is 5.10 Å². The van der Waals surface area contributed by atoms with Crippen LogP contribution in [0.2, 0.25) is 5.02 Å². The van der Waals surface area contributed by atoms with Crippen molar-refractivity contribution in [3.05, 3.63) is 34.1 Å². The molecule has 0 aliphatic carbocycles. The van der Waals surface area contributed by atoms with Crippen LogP contribution in [0.15, 0.2) is 24.3 Å². The molecule has 22 heavy (non-hydrogen) atoms. The number of aliphatic hydroxyl groups excluding tert-OH is 1. The zero-order valence-corrected chi connectivity index (χ0v) is 14.1. The minimum atomic E-state index is -0.211. The third-order valence-corrected chi connectivity index (χ3v) is 4.85. The second-order valence-corrected chi connectivity index (χ2v) is 6.63. The molecule has 0 saturated carbocycles. The van der Waals surface area contributed by atoms with E-state index in [-0.39, 0.29) is 6.10 Å². The average molecular weight is 340 g/mol. The van der Waals surface area contributed by atoms with Gasteiger partial charge in [0.15, 0.2) is 12.5 Å². The lowest BCUT2D eigenvalue weighted by atomic mass is 10.1. The first-order chi connectivity index (χ1) is 10.5. The number of aliphatic hydroxyl groups is 1. The van der Waals surface area contributed by atoms with Gasteiger partial charge in [0.2, 0.25) is 4.77 Å². The number of quaternary nitrogens is 1. The van der Waals surface area contributed by atoms with E-state index in [2.05, 4.69) is 5.10 Å². The van der Waals surface area contributed by atoms with Gasteiger partial charge in [0.05, 0.1) is 6.54 Å². The number of nitrogens with one attached hydrogen (secondary N) is 1. The van der Waals surface area contributed by atoms with Crippen LogP contribution in [0, 0.1) is 4.77 Å². The lowest BCUT2D eigenvalue weighted by Gasteiger charge is -2.26. The molecule has 0 radical (unpaired) electrons. The van der Waals surface area contributed by atoms with E-state index in [0.717, 1.165) is 37.3 Å².